The zero-order chi connectivity index (χ0) is 16.0. The van der Waals surface area contributed by atoms with Crippen LogP contribution in [0.25, 0.3) is 0 Å². The first-order valence-corrected chi connectivity index (χ1v) is 7.18. The molecule has 1 aromatic carbocycles. The fourth-order valence-electron chi connectivity index (χ4n) is 1.84. The summed E-state index contributed by atoms with van der Waals surface area (Å²) in [5, 5.41) is 8.83. The van der Waals surface area contributed by atoms with Gasteiger partial charge in [0.05, 0.1) is 11.2 Å². The van der Waals surface area contributed by atoms with Crippen molar-refractivity contribution < 1.29 is 52.1 Å². The van der Waals surface area contributed by atoms with Crippen LogP contribution >= 0.6 is 0 Å². The molecule has 1 rings (SSSR count). The summed E-state index contributed by atoms with van der Waals surface area (Å²) >= 11 is 0. The number of carboxylic acids is 1. The molecule has 22 heavy (non-hydrogen) atoms. The van der Waals surface area contributed by atoms with Crippen LogP contribution in [0, 0.1) is 5.92 Å². The number of ketones is 1. The Morgan fingerprint density at radius 1 is 1.18 bits per heavy atom. The van der Waals surface area contributed by atoms with E-state index in [1.165, 1.54) is 12.1 Å². The van der Waals surface area contributed by atoms with Gasteiger partial charge >= 0.3 is 5.97 Å². The van der Waals surface area contributed by atoms with Gasteiger partial charge in [-0.1, -0.05) is 19.1 Å². The molecular weight excluding hydrogens is 357 g/mol. The van der Waals surface area contributed by atoms with Gasteiger partial charge in [-0.15, -0.1) is 0 Å². The van der Waals surface area contributed by atoms with E-state index in [0.29, 0.717) is 19.4 Å². The van der Waals surface area contributed by atoms with Gasteiger partial charge in [-0.3, -0.25) is 4.79 Å². The monoisotopic (exact) mass is 381 g/mol. The minimum absolute atomic E-state index is 0. The molecule has 0 aliphatic carbocycles. The maximum absolute atomic E-state index is 12.1. The minimum Gasteiger partial charge on any atom is -0.478 e. The van der Waals surface area contributed by atoms with E-state index in [1.807, 2.05) is 27.7 Å². The van der Waals surface area contributed by atoms with Crippen molar-refractivity contribution in [1.82, 2.24) is 0 Å². The number of carbonyl (C=O) groups is 2. The molecular formula is C17H24O4Y. The summed E-state index contributed by atoms with van der Waals surface area (Å²) in [6.45, 7) is 8.44. The Balaban J connectivity index is 0.00000441. The van der Waals surface area contributed by atoms with Gasteiger partial charge in [0.2, 0.25) is 0 Å². The van der Waals surface area contributed by atoms with Gasteiger partial charge in [-0.2, -0.15) is 0 Å². The Hall–Kier alpha value is -0.576. The Kier molecular flexibility index (Phi) is 9.29. The summed E-state index contributed by atoms with van der Waals surface area (Å²) in [6.07, 6.45) is 1.03. The van der Waals surface area contributed by atoms with E-state index in [2.05, 4.69) is 0 Å². The van der Waals surface area contributed by atoms with Crippen LogP contribution in [0.3, 0.4) is 0 Å². The number of rotatable bonds is 7. The van der Waals surface area contributed by atoms with Crippen molar-refractivity contribution in [3.05, 3.63) is 35.4 Å². The van der Waals surface area contributed by atoms with Crippen molar-refractivity contribution in [2.75, 3.05) is 6.61 Å². The summed E-state index contributed by atoms with van der Waals surface area (Å²) in [5.41, 5.74) is 0.890. The first-order chi connectivity index (χ1) is 9.69. The third kappa shape index (κ3) is 8.16. The van der Waals surface area contributed by atoms with Crippen LogP contribution in [0.2, 0.25) is 0 Å². The number of aromatic carboxylic acids is 1. The van der Waals surface area contributed by atoms with Crippen LogP contribution in [0.4, 0.5) is 0 Å². The first-order valence-electron chi connectivity index (χ1n) is 7.18. The molecule has 0 fully saturated rings. The Bertz CT molecular complexity index is 488. The fraction of sp³-hybridized carbons (Fsp3) is 0.529. The molecule has 0 saturated carbocycles. The van der Waals surface area contributed by atoms with E-state index >= 15 is 0 Å². The van der Waals surface area contributed by atoms with Crippen molar-refractivity contribution in [1.29, 1.82) is 0 Å². The van der Waals surface area contributed by atoms with E-state index in [-0.39, 0.29) is 55.6 Å². The predicted octanol–water partition coefficient (Wildman–Crippen LogP) is 3.34. The van der Waals surface area contributed by atoms with Crippen LogP contribution < -0.4 is 0 Å². The zero-order valence-electron chi connectivity index (χ0n) is 13.8. The third-order valence-electron chi connectivity index (χ3n) is 3.21. The summed E-state index contributed by atoms with van der Waals surface area (Å²) in [7, 11) is 0. The standard InChI is InChI=1S/C17H24O4.Y/c1-12(9-10-21-17(2,3)4)15(18)11-13-5-7-14(8-6-13)16(19)20;/h5-8,12H,9-11H2,1-4H3,(H,19,20);/t12-;/m1./s1. The maximum atomic E-state index is 12.1. The van der Waals surface area contributed by atoms with Gasteiger partial charge in [-0.05, 0) is 44.9 Å². The van der Waals surface area contributed by atoms with Crippen molar-refractivity contribution >= 4 is 11.8 Å². The molecule has 119 valence electrons. The average molecular weight is 381 g/mol. The number of ether oxygens (including phenoxy) is 1. The second kappa shape index (κ2) is 9.54. The van der Waals surface area contributed by atoms with Crippen LogP contribution in [-0.2, 0) is 48.7 Å². The Morgan fingerprint density at radius 3 is 2.18 bits per heavy atom. The van der Waals surface area contributed by atoms with Gasteiger partial charge in [0.1, 0.15) is 5.78 Å². The maximum Gasteiger partial charge on any atom is 0.335 e. The van der Waals surface area contributed by atoms with Gasteiger partial charge in [0.15, 0.2) is 0 Å². The van der Waals surface area contributed by atoms with E-state index in [0.717, 1.165) is 5.56 Å². The Labute approximate surface area is 157 Å². The normalized spacial score (nSPS) is 12.4. The number of carbonyl (C=O) groups excluding carboxylic acids is 1. The molecule has 1 atom stereocenters. The van der Waals surface area contributed by atoms with Gasteiger partial charge in [0, 0.05) is 51.7 Å². The summed E-state index contributed by atoms with van der Waals surface area (Å²) in [6, 6.07) is 6.44. The number of carboxylic acid groups (broad SMARTS) is 1. The molecule has 4 nitrogen and oxygen atoms in total. The molecule has 0 aromatic heterocycles. The SMILES string of the molecule is C[C@H](CCOC(C)(C)C)C(=O)Cc1ccc(C(=O)O)cc1.[Y]. The molecule has 0 heterocycles. The molecule has 0 aliphatic heterocycles. The first kappa shape index (κ1) is 21.4. The zero-order valence-corrected chi connectivity index (χ0v) is 16.6. The van der Waals surface area contributed by atoms with E-state index in [4.69, 9.17) is 9.84 Å². The van der Waals surface area contributed by atoms with E-state index in [1.54, 1.807) is 12.1 Å². The van der Waals surface area contributed by atoms with E-state index in [9.17, 15) is 9.59 Å². The molecule has 1 radical (unpaired) electrons. The molecule has 0 spiro atoms. The Morgan fingerprint density at radius 2 is 1.73 bits per heavy atom. The van der Waals surface area contributed by atoms with Crippen molar-refractivity contribution in [3.8, 4) is 0 Å². The number of benzene rings is 1. The third-order valence-corrected chi connectivity index (χ3v) is 3.21. The quantitative estimate of drug-likeness (QED) is 0.787. The number of hydrogen-bond donors (Lipinski definition) is 1. The second-order valence-corrected chi connectivity index (χ2v) is 6.30. The van der Waals surface area contributed by atoms with Crippen molar-refractivity contribution in [3.63, 3.8) is 0 Å². The summed E-state index contributed by atoms with van der Waals surface area (Å²) in [4.78, 5) is 22.9. The molecule has 1 N–H and O–H groups in total. The van der Waals surface area contributed by atoms with Gasteiger partial charge in [-0.25, -0.2) is 4.79 Å². The fourth-order valence-corrected chi connectivity index (χ4v) is 1.84. The largest absolute Gasteiger partial charge is 0.478 e. The minimum atomic E-state index is -0.958. The van der Waals surface area contributed by atoms with Crippen molar-refractivity contribution in [2.24, 2.45) is 5.92 Å². The molecule has 0 bridgehead atoms. The molecule has 0 amide bonds. The second-order valence-electron chi connectivity index (χ2n) is 6.30. The summed E-state index contributed by atoms with van der Waals surface area (Å²) < 4.78 is 5.62. The van der Waals surface area contributed by atoms with Crippen molar-refractivity contribution in [2.45, 2.75) is 46.1 Å². The number of Topliss-reactive ketones (excluding diaryl/α,β-unsaturated/α-hetero) is 1. The van der Waals surface area contributed by atoms with E-state index < -0.39 is 5.97 Å². The van der Waals surface area contributed by atoms with Crippen LogP contribution in [0.15, 0.2) is 24.3 Å². The van der Waals surface area contributed by atoms with Crippen LogP contribution in [0.5, 0.6) is 0 Å². The van der Waals surface area contributed by atoms with Crippen LogP contribution in [-0.4, -0.2) is 29.1 Å². The molecule has 0 unspecified atom stereocenters. The van der Waals surface area contributed by atoms with Crippen LogP contribution in [0.1, 0.15) is 50.0 Å². The molecule has 0 saturated heterocycles. The molecule has 1 aromatic rings. The molecule has 0 aliphatic rings. The predicted molar refractivity (Wildman–Crippen MR) is 81.6 cm³/mol. The smallest absolute Gasteiger partial charge is 0.335 e. The van der Waals surface area contributed by atoms with Gasteiger partial charge < -0.3 is 9.84 Å². The molecule has 5 heteroatoms. The topological polar surface area (TPSA) is 63.6 Å². The number of hydrogen-bond acceptors (Lipinski definition) is 3. The summed E-state index contributed by atoms with van der Waals surface area (Å²) in [5.74, 6) is -0.873. The van der Waals surface area contributed by atoms with Gasteiger partial charge in [0.25, 0.3) is 0 Å². The average Bonchev–Trinajstić information content (AvgIpc) is 2.37.